The number of hydrogen-bond acceptors (Lipinski definition) is 5. The Bertz CT molecular complexity index is 1070. The maximum absolute atomic E-state index is 13.0. The molecule has 1 fully saturated rings. The van der Waals surface area contributed by atoms with Gasteiger partial charge in [-0.15, -0.1) is 0 Å². The summed E-state index contributed by atoms with van der Waals surface area (Å²) in [7, 11) is 0. The lowest BCUT2D eigenvalue weighted by atomic mass is 10.1. The van der Waals surface area contributed by atoms with Gasteiger partial charge in [0.05, 0.1) is 11.5 Å². The Kier molecular flexibility index (Phi) is 5.83. The van der Waals surface area contributed by atoms with E-state index in [1.165, 1.54) is 0 Å². The second kappa shape index (κ2) is 8.68. The summed E-state index contributed by atoms with van der Waals surface area (Å²) in [6, 6.07) is 13.8. The molecule has 1 atom stereocenters. The molecule has 1 aromatic heterocycles. The quantitative estimate of drug-likeness (QED) is 0.665. The van der Waals surface area contributed by atoms with E-state index in [1.807, 2.05) is 0 Å². The molecule has 0 spiro atoms. The van der Waals surface area contributed by atoms with Gasteiger partial charge in [0.15, 0.2) is 12.4 Å². The number of carbonyl (C=O) groups excluding carboxylic acids is 1. The van der Waals surface area contributed by atoms with Gasteiger partial charge < -0.3 is 19.2 Å². The first-order valence-corrected chi connectivity index (χ1v) is 9.82. The summed E-state index contributed by atoms with van der Waals surface area (Å²) >= 11 is 5.97. The maximum atomic E-state index is 13.0. The summed E-state index contributed by atoms with van der Waals surface area (Å²) in [5.41, 5.74) is 0.744. The third-order valence-electron chi connectivity index (χ3n) is 4.76. The number of benzene rings is 2. The zero-order valence-corrected chi connectivity index (χ0v) is 16.4. The summed E-state index contributed by atoms with van der Waals surface area (Å²) in [6.45, 7) is 0.856. The largest absolute Gasteiger partial charge is 0.476 e. The lowest BCUT2D eigenvalue weighted by Crippen LogP contribution is -2.35. The highest BCUT2D eigenvalue weighted by Crippen LogP contribution is 2.31. The summed E-state index contributed by atoms with van der Waals surface area (Å²) in [5.74, 6) is -0.0642. The van der Waals surface area contributed by atoms with Crippen molar-refractivity contribution in [1.29, 1.82) is 0 Å². The fraction of sp³-hybridized carbons (Fsp3) is 0.273. The lowest BCUT2D eigenvalue weighted by Gasteiger charge is -2.13. The van der Waals surface area contributed by atoms with Crippen LogP contribution < -0.4 is 15.5 Å². The molecule has 29 heavy (non-hydrogen) atoms. The van der Waals surface area contributed by atoms with Crippen LogP contribution in [0.5, 0.6) is 5.75 Å². The van der Waals surface area contributed by atoms with Crippen LogP contribution in [0.25, 0.3) is 22.3 Å². The molecular weight excluding hydrogens is 394 g/mol. The van der Waals surface area contributed by atoms with E-state index in [2.05, 4.69) is 5.32 Å². The van der Waals surface area contributed by atoms with Gasteiger partial charge in [0.1, 0.15) is 5.58 Å². The summed E-state index contributed by atoms with van der Waals surface area (Å²) in [4.78, 5) is 25.2. The highest BCUT2D eigenvalue weighted by molar-refractivity contribution is 6.30. The minimum atomic E-state index is -0.330. The highest BCUT2D eigenvalue weighted by atomic mass is 35.5. The predicted octanol–water partition coefficient (Wildman–Crippen LogP) is 3.79. The maximum Gasteiger partial charge on any atom is 0.258 e. The molecule has 0 bridgehead atoms. The molecule has 1 saturated heterocycles. The number of fused-ring (bicyclic) bond motifs is 1. The van der Waals surface area contributed by atoms with Gasteiger partial charge in [-0.2, -0.15) is 0 Å². The van der Waals surface area contributed by atoms with E-state index in [-0.39, 0.29) is 35.6 Å². The first-order valence-electron chi connectivity index (χ1n) is 9.44. The van der Waals surface area contributed by atoms with E-state index in [4.69, 9.17) is 25.5 Å². The van der Waals surface area contributed by atoms with E-state index in [0.29, 0.717) is 28.1 Å². The average molecular weight is 414 g/mol. The van der Waals surface area contributed by atoms with Gasteiger partial charge in [-0.1, -0.05) is 23.7 Å². The second-order valence-corrected chi connectivity index (χ2v) is 7.26. The molecule has 2 heterocycles. The third kappa shape index (κ3) is 4.44. The van der Waals surface area contributed by atoms with Gasteiger partial charge in [-0.3, -0.25) is 9.59 Å². The monoisotopic (exact) mass is 413 g/mol. The minimum Gasteiger partial charge on any atom is -0.476 e. The number of amides is 1. The first-order chi connectivity index (χ1) is 14.1. The number of halogens is 1. The molecule has 0 radical (unpaired) electrons. The van der Waals surface area contributed by atoms with Crippen molar-refractivity contribution < 1.29 is 18.7 Å². The Morgan fingerprint density at radius 1 is 1.17 bits per heavy atom. The normalized spacial score (nSPS) is 16.1. The molecule has 7 heteroatoms. The predicted molar refractivity (Wildman–Crippen MR) is 110 cm³/mol. The summed E-state index contributed by atoms with van der Waals surface area (Å²) in [5, 5.41) is 3.73. The Morgan fingerprint density at radius 2 is 1.97 bits per heavy atom. The Balaban J connectivity index is 1.60. The number of rotatable bonds is 6. The SMILES string of the molecule is O=C(COc1c(-c2ccc(Cl)cc2)oc2ccccc2c1=O)NC[C@@H]1CCCO1. The highest BCUT2D eigenvalue weighted by Gasteiger charge is 2.20. The Morgan fingerprint density at radius 3 is 2.72 bits per heavy atom. The van der Waals surface area contributed by atoms with Gasteiger partial charge >= 0.3 is 0 Å². The van der Waals surface area contributed by atoms with Crippen LogP contribution in [-0.4, -0.2) is 31.8 Å². The fourth-order valence-electron chi connectivity index (χ4n) is 3.27. The van der Waals surface area contributed by atoms with Crippen molar-refractivity contribution in [1.82, 2.24) is 5.32 Å². The number of para-hydroxylation sites is 1. The zero-order chi connectivity index (χ0) is 20.2. The molecule has 0 unspecified atom stereocenters. The van der Waals surface area contributed by atoms with Crippen LogP contribution in [0.15, 0.2) is 57.7 Å². The molecule has 2 aromatic carbocycles. The van der Waals surface area contributed by atoms with Crippen molar-refractivity contribution in [2.45, 2.75) is 18.9 Å². The smallest absolute Gasteiger partial charge is 0.258 e. The van der Waals surface area contributed by atoms with Crippen molar-refractivity contribution in [2.24, 2.45) is 0 Å². The van der Waals surface area contributed by atoms with Crippen molar-refractivity contribution in [3.05, 3.63) is 63.8 Å². The topological polar surface area (TPSA) is 77.8 Å². The molecule has 1 N–H and O–H groups in total. The van der Waals surface area contributed by atoms with E-state index in [9.17, 15) is 9.59 Å². The standard InChI is InChI=1S/C22H20ClNO5/c23-15-9-7-14(8-10-15)21-22(20(26)17-5-1-2-6-18(17)29-21)28-13-19(25)24-12-16-4-3-11-27-16/h1-2,5-10,16H,3-4,11-13H2,(H,24,25)/t16-/m0/s1. The number of hydrogen-bond donors (Lipinski definition) is 1. The van der Waals surface area contributed by atoms with Crippen LogP contribution in [0.2, 0.25) is 5.02 Å². The van der Waals surface area contributed by atoms with Crippen molar-refractivity contribution in [3.63, 3.8) is 0 Å². The Hall–Kier alpha value is -2.83. The van der Waals surface area contributed by atoms with Gasteiger partial charge in [0.2, 0.25) is 11.2 Å². The number of carbonyl (C=O) groups is 1. The van der Waals surface area contributed by atoms with Gasteiger partial charge in [-0.05, 0) is 49.2 Å². The minimum absolute atomic E-state index is 0.00158. The Labute approximate surface area is 172 Å². The van der Waals surface area contributed by atoms with Crippen LogP contribution in [0.4, 0.5) is 0 Å². The van der Waals surface area contributed by atoms with Gasteiger partial charge in [0, 0.05) is 23.7 Å². The molecule has 1 aliphatic heterocycles. The molecule has 0 aliphatic carbocycles. The van der Waals surface area contributed by atoms with Gasteiger partial charge in [0.25, 0.3) is 5.91 Å². The molecule has 1 amide bonds. The zero-order valence-electron chi connectivity index (χ0n) is 15.7. The lowest BCUT2D eigenvalue weighted by molar-refractivity contribution is -0.123. The molecule has 150 valence electrons. The average Bonchev–Trinajstić information content (AvgIpc) is 3.26. The second-order valence-electron chi connectivity index (χ2n) is 6.82. The molecular formula is C22H20ClNO5. The van der Waals surface area contributed by atoms with E-state index >= 15 is 0 Å². The van der Waals surface area contributed by atoms with Crippen molar-refractivity contribution in [3.8, 4) is 17.1 Å². The van der Waals surface area contributed by atoms with E-state index < -0.39 is 0 Å². The fourth-order valence-corrected chi connectivity index (χ4v) is 3.40. The summed E-state index contributed by atoms with van der Waals surface area (Å²) in [6.07, 6.45) is 1.96. The number of ether oxygens (including phenoxy) is 2. The van der Waals surface area contributed by atoms with Crippen LogP contribution in [0.1, 0.15) is 12.8 Å². The summed E-state index contributed by atoms with van der Waals surface area (Å²) < 4.78 is 17.1. The van der Waals surface area contributed by atoms with Crippen LogP contribution in [-0.2, 0) is 9.53 Å². The van der Waals surface area contributed by atoms with Crippen molar-refractivity contribution >= 4 is 28.5 Å². The van der Waals surface area contributed by atoms with Crippen LogP contribution in [0.3, 0.4) is 0 Å². The molecule has 3 aromatic rings. The molecule has 1 aliphatic rings. The van der Waals surface area contributed by atoms with E-state index in [0.717, 1.165) is 19.4 Å². The van der Waals surface area contributed by atoms with Crippen LogP contribution >= 0.6 is 11.6 Å². The first kappa shape index (κ1) is 19.5. The third-order valence-corrected chi connectivity index (χ3v) is 5.01. The molecule has 6 nitrogen and oxygen atoms in total. The van der Waals surface area contributed by atoms with Crippen LogP contribution in [0, 0.1) is 0 Å². The molecule has 4 rings (SSSR count). The van der Waals surface area contributed by atoms with E-state index in [1.54, 1.807) is 48.5 Å². The molecule has 0 saturated carbocycles. The number of nitrogens with one attached hydrogen (secondary N) is 1. The van der Waals surface area contributed by atoms with Crippen molar-refractivity contribution in [2.75, 3.05) is 19.8 Å². The van der Waals surface area contributed by atoms with Gasteiger partial charge in [-0.25, -0.2) is 0 Å².